The fraction of sp³-hybridized carbons (Fsp3) is 0.571. The number of hydrogen-bond acceptors (Lipinski definition) is 3. The molecule has 0 aromatic heterocycles. The van der Waals surface area contributed by atoms with Crippen LogP contribution in [0.2, 0.25) is 0 Å². The quantitative estimate of drug-likeness (QED) is 0.924. The number of halogens is 1. The molecule has 2 N–H and O–H groups in total. The zero-order chi connectivity index (χ0) is 13.0. The van der Waals surface area contributed by atoms with Gasteiger partial charge in [-0.25, -0.2) is 0 Å². The molecule has 100 valence electrons. The van der Waals surface area contributed by atoms with Crippen LogP contribution in [0.5, 0.6) is 0 Å². The van der Waals surface area contributed by atoms with Crippen LogP contribution in [-0.4, -0.2) is 49.6 Å². The monoisotopic (exact) mass is 311 g/mol. The fourth-order valence-electron chi connectivity index (χ4n) is 2.54. The second kappa shape index (κ2) is 6.66. The minimum absolute atomic E-state index is 0.469. The van der Waals surface area contributed by atoms with Crippen LogP contribution in [0, 0.1) is 0 Å². The Bertz CT molecular complexity index is 358. The Morgan fingerprint density at radius 1 is 1.17 bits per heavy atom. The van der Waals surface area contributed by atoms with E-state index < -0.39 is 0 Å². The third-order valence-corrected chi connectivity index (χ3v) is 4.20. The average molecular weight is 312 g/mol. The van der Waals surface area contributed by atoms with E-state index in [1.807, 2.05) is 0 Å². The lowest BCUT2D eigenvalue weighted by Gasteiger charge is -2.38. The van der Waals surface area contributed by atoms with E-state index in [9.17, 15) is 0 Å². The van der Waals surface area contributed by atoms with E-state index in [0.29, 0.717) is 6.04 Å². The third kappa shape index (κ3) is 3.54. The van der Waals surface area contributed by atoms with Gasteiger partial charge in [-0.1, -0.05) is 28.1 Å². The highest BCUT2D eigenvalue weighted by molar-refractivity contribution is 9.10. The van der Waals surface area contributed by atoms with Crippen molar-refractivity contribution in [3.63, 3.8) is 0 Å². The summed E-state index contributed by atoms with van der Waals surface area (Å²) in [6.45, 7) is 5.32. The summed E-state index contributed by atoms with van der Waals surface area (Å²) in [6.07, 6.45) is 1.03. The molecule has 0 spiro atoms. The molecule has 1 fully saturated rings. The van der Waals surface area contributed by atoms with Crippen LogP contribution < -0.4 is 5.73 Å². The summed E-state index contributed by atoms with van der Waals surface area (Å²) < 4.78 is 1.14. The van der Waals surface area contributed by atoms with Gasteiger partial charge in [0.1, 0.15) is 0 Å². The van der Waals surface area contributed by atoms with Gasteiger partial charge in [0.05, 0.1) is 0 Å². The van der Waals surface area contributed by atoms with Crippen LogP contribution in [0.15, 0.2) is 28.7 Å². The lowest BCUT2D eigenvalue weighted by molar-refractivity contribution is 0.108. The summed E-state index contributed by atoms with van der Waals surface area (Å²) in [7, 11) is 2.19. The molecule has 0 amide bonds. The van der Waals surface area contributed by atoms with Gasteiger partial charge in [-0.2, -0.15) is 0 Å². The minimum Gasteiger partial charge on any atom is -0.330 e. The first-order chi connectivity index (χ1) is 8.70. The van der Waals surface area contributed by atoms with Crippen molar-refractivity contribution in [2.75, 3.05) is 39.8 Å². The number of likely N-dealkylation sites (N-methyl/N-ethyl adjacent to an activating group) is 1. The second-order valence-electron chi connectivity index (χ2n) is 4.98. The molecule has 0 bridgehead atoms. The van der Waals surface area contributed by atoms with Crippen LogP contribution in [0.3, 0.4) is 0 Å². The maximum Gasteiger partial charge on any atom is 0.0361 e. The highest BCUT2D eigenvalue weighted by Gasteiger charge is 2.23. The van der Waals surface area contributed by atoms with Gasteiger partial charge >= 0.3 is 0 Å². The van der Waals surface area contributed by atoms with E-state index in [4.69, 9.17) is 5.73 Å². The molecule has 1 aromatic rings. The summed E-state index contributed by atoms with van der Waals surface area (Å²) in [5.41, 5.74) is 7.17. The minimum atomic E-state index is 0.469. The zero-order valence-electron chi connectivity index (χ0n) is 11.0. The molecule has 1 aliphatic rings. The molecule has 2 rings (SSSR count). The van der Waals surface area contributed by atoms with Gasteiger partial charge in [0.15, 0.2) is 0 Å². The molecule has 0 radical (unpaired) electrons. The second-order valence-corrected chi connectivity index (χ2v) is 5.90. The van der Waals surface area contributed by atoms with Crippen LogP contribution in [0.4, 0.5) is 0 Å². The number of nitrogens with two attached hydrogens (primary N) is 1. The van der Waals surface area contributed by atoms with Gasteiger partial charge in [0, 0.05) is 36.7 Å². The normalized spacial score (nSPS) is 19.9. The molecule has 18 heavy (non-hydrogen) atoms. The molecule has 1 aliphatic heterocycles. The Morgan fingerprint density at radius 3 is 2.33 bits per heavy atom. The Kier molecular flexibility index (Phi) is 5.18. The lowest BCUT2D eigenvalue weighted by Crippen LogP contribution is -2.46. The number of piperazine rings is 1. The van der Waals surface area contributed by atoms with Crippen molar-refractivity contribution in [1.29, 1.82) is 0 Å². The SMILES string of the molecule is CN1CCN(C(CCN)c2ccc(Br)cc2)CC1. The van der Waals surface area contributed by atoms with Crippen molar-refractivity contribution in [3.05, 3.63) is 34.3 Å². The maximum atomic E-state index is 5.78. The van der Waals surface area contributed by atoms with Gasteiger partial charge in [-0.15, -0.1) is 0 Å². The Balaban J connectivity index is 2.09. The molecule has 3 nitrogen and oxygen atoms in total. The van der Waals surface area contributed by atoms with Crippen molar-refractivity contribution in [1.82, 2.24) is 9.80 Å². The van der Waals surface area contributed by atoms with Gasteiger partial charge < -0.3 is 10.6 Å². The first kappa shape index (κ1) is 14.0. The topological polar surface area (TPSA) is 32.5 Å². The molecule has 1 saturated heterocycles. The lowest BCUT2D eigenvalue weighted by atomic mass is 10.0. The number of rotatable bonds is 4. The number of benzene rings is 1. The van der Waals surface area contributed by atoms with Crippen molar-refractivity contribution in [2.45, 2.75) is 12.5 Å². The van der Waals surface area contributed by atoms with E-state index in [1.54, 1.807) is 0 Å². The van der Waals surface area contributed by atoms with Crippen LogP contribution in [-0.2, 0) is 0 Å². The summed E-state index contributed by atoms with van der Waals surface area (Å²) in [5.74, 6) is 0. The smallest absolute Gasteiger partial charge is 0.0361 e. The Hall–Kier alpha value is -0.420. The zero-order valence-corrected chi connectivity index (χ0v) is 12.6. The highest BCUT2D eigenvalue weighted by atomic mass is 79.9. The molecule has 1 atom stereocenters. The van der Waals surface area contributed by atoms with Crippen LogP contribution in [0.25, 0.3) is 0 Å². The van der Waals surface area contributed by atoms with Gasteiger partial charge in [-0.05, 0) is 37.7 Å². The Morgan fingerprint density at radius 2 is 1.78 bits per heavy atom. The van der Waals surface area contributed by atoms with Crippen LogP contribution in [0.1, 0.15) is 18.0 Å². The Labute approximate surface area is 118 Å². The van der Waals surface area contributed by atoms with Gasteiger partial charge in [0.2, 0.25) is 0 Å². The van der Waals surface area contributed by atoms with Gasteiger partial charge in [0.25, 0.3) is 0 Å². The van der Waals surface area contributed by atoms with Crippen molar-refractivity contribution >= 4 is 15.9 Å². The first-order valence-electron chi connectivity index (χ1n) is 6.59. The van der Waals surface area contributed by atoms with Crippen molar-refractivity contribution in [3.8, 4) is 0 Å². The van der Waals surface area contributed by atoms with Crippen molar-refractivity contribution in [2.24, 2.45) is 5.73 Å². The summed E-state index contributed by atoms with van der Waals surface area (Å²) in [5, 5.41) is 0. The van der Waals surface area contributed by atoms with E-state index in [2.05, 4.69) is 57.0 Å². The fourth-order valence-corrected chi connectivity index (χ4v) is 2.80. The summed E-state index contributed by atoms with van der Waals surface area (Å²) in [4.78, 5) is 4.95. The van der Waals surface area contributed by atoms with Crippen molar-refractivity contribution < 1.29 is 0 Å². The molecular formula is C14H22BrN3. The molecule has 1 aromatic carbocycles. The molecule has 1 heterocycles. The van der Waals surface area contributed by atoms with E-state index >= 15 is 0 Å². The van der Waals surface area contributed by atoms with Gasteiger partial charge in [-0.3, -0.25) is 4.90 Å². The van der Waals surface area contributed by atoms with Crippen LogP contribution >= 0.6 is 15.9 Å². The third-order valence-electron chi connectivity index (χ3n) is 3.67. The first-order valence-corrected chi connectivity index (χ1v) is 7.38. The number of hydrogen-bond donors (Lipinski definition) is 1. The number of nitrogens with zero attached hydrogens (tertiary/aromatic N) is 2. The predicted molar refractivity (Wildman–Crippen MR) is 79.6 cm³/mol. The highest BCUT2D eigenvalue weighted by Crippen LogP contribution is 2.26. The van der Waals surface area contributed by atoms with E-state index in [-0.39, 0.29) is 0 Å². The maximum absolute atomic E-state index is 5.78. The predicted octanol–water partition coefficient (Wildman–Crippen LogP) is 2.09. The average Bonchev–Trinajstić information content (AvgIpc) is 2.39. The molecule has 1 unspecified atom stereocenters. The summed E-state index contributed by atoms with van der Waals surface area (Å²) >= 11 is 3.49. The summed E-state index contributed by atoms with van der Waals surface area (Å²) in [6, 6.07) is 9.13. The molecule has 0 saturated carbocycles. The van der Waals surface area contributed by atoms with E-state index in [0.717, 1.165) is 43.6 Å². The van der Waals surface area contributed by atoms with E-state index in [1.165, 1.54) is 5.56 Å². The molecule has 4 heteroatoms. The molecular weight excluding hydrogens is 290 g/mol. The molecule has 0 aliphatic carbocycles. The largest absolute Gasteiger partial charge is 0.330 e. The standard InChI is InChI=1S/C14H22BrN3/c1-17-8-10-18(11-9-17)14(6-7-16)12-2-4-13(15)5-3-12/h2-5,14H,6-11,16H2,1H3.